The van der Waals surface area contributed by atoms with Gasteiger partial charge in [0.1, 0.15) is 0 Å². The summed E-state index contributed by atoms with van der Waals surface area (Å²) in [4.78, 5) is 0. The van der Waals surface area contributed by atoms with Crippen LogP contribution >= 0.6 is 0 Å². The average molecular weight is 325 g/mol. The fourth-order valence-corrected chi connectivity index (χ4v) is 12.4. The van der Waals surface area contributed by atoms with Crippen molar-refractivity contribution in [3.8, 4) is 0 Å². The van der Waals surface area contributed by atoms with E-state index >= 15 is 0 Å². The molecule has 0 unspecified atom stereocenters. The predicted molar refractivity (Wildman–Crippen MR) is 80.0 cm³/mol. The molecule has 0 rings (SSSR count). The van der Waals surface area contributed by atoms with E-state index in [-0.39, 0.29) is 0 Å². The second-order valence-corrected chi connectivity index (χ2v) is 16.1. The lowest BCUT2D eigenvalue weighted by molar-refractivity contribution is 0.164. The zero-order chi connectivity index (χ0) is 13.6. The van der Waals surface area contributed by atoms with Crippen molar-refractivity contribution >= 4 is 45.2 Å². The molecule has 0 aliphatic carbocycles. The van der Waals surface area contributed by atoms with E-state index in [1.165, 1.54) is 0 Å². The minimum Gasteiger partial charge on any atom is -0.395 e. The Balaban J connectivity index is 4.89. The van der Waals surface area contributed by atoms with Crippen molar-refractivity contribution in [2.75, 3.05) is 0 Å². The molecule has 0 atom stereocenters. The molecule has 9 heteroatoms. The molecule has 0 fully saturated rings. The molecule has 0 aromatic heterocycles. The lowest BCUT2D eigenvalue weighted by atomic mass is 11.9. The van der Waals surface area contributed by atoms with Gasteiger partial charge in [-0.05, 0) is 52.4 Å². The van der Waals surface area contributed by atoms with Crippen molar-refractivity contribution in [3.63, 3.8) is 0 Å². The highest BCUT2D eigenvalue weighted by molar-refractivity contribution is 6.80. The molecule has 0 spiro atoms. The van der Waals surface area contributed by atoms with Gasteiger partial charge in [-0.25, -0.2) is 0 Å². The standard InChI is InChI=1S/C8H24O4Si5/c1-13(2)9-17(10-14(3)4,11-15(5)6)12-16(7)8/h1-8H3. The van der Waals surface area contributed by atoms with Gasteiger partial charge in [0.05, 0.1) is 0 Å². The van der Waals surface area contributed by atoms with E-state index < -0.39 is 45.2 Å². The van der Waals surface area contributed by atoms with Crippen molar-refractivity contribution in [1.82, 2.24) is 0 Å². The quantitative estimate of drug-likeness (QED) is 0.643. The van der Waals surface area contributed by atoms with Crippen LogP contribution in [0.2, 0.25) is 52.4 Å². The largest absolute Gasteiger partial charge is 0.636 e. The molecule has 0 heterocycles. The van der Waals surface area contributed by atoms with Gasteiger partial charge in [-0.15, -0.1) is 0 Å². The van der Waals surface area contributed by atoms with Gasteiger partial charge < -0.3 is 16.5 Å². The molecule has 0 saturated carbocycles. The highest BCUT2D eigenvalue weighted by Crippen LogP contribution is 2.17. The van der Waals surface area contributed by atoms with Gasteiger partial charge in [-0.2, -0.15) is 0 Å². The third-order valence-electron chi connectivity index (χ3n) is 1.32. The normalized spacial score (nSPS) is 13.4. The second-order valence-electron chi connectivity index (χ2n) is 4.54. The van der Waals surface area contributed by atoms with Crippen LogP contribution < -0.4 is 0 Å². The summed E-state index contributed by atoms with van der Waals surface area (Å²) in [6.07, 6.45) is 0. The predicted octanol–water partition coefficient (Wildman–Crippen LogP) is 2.49. The van der Waals surface area contributed by atoms with Crippen molar-refractivity contribution in [2.24, 2.45) is 0 Å². The van der Waals surface area contributed by atoms with E-state index in [1.807, 2.05) is 0 Å². The fourth-order valence-electron chi connectivity index (χ4n) is 1.12. The lowest BCUT2D eigenvalue weighted by Crippen LogP contribution is -2.57. The monoisotopic (exact) mass is 324 g/mol. The van der Waals surface area contributed by atoms with E-state index in [9.17, 15) is 0 Å². The Hall–Kier alpha value is 0.924. The molecule has 0 aliphatic heterocycles. The summed E-state index contributed by atoms with van der Waals surface area (Å²) in [7, 11) is -6.43. The van der Waals surface area contributed by atoms with Gasteiger partial charge >= 0.3 is 9.05 Å². The average Bonchev–Trinajstić information content (AvgIpc) is 1.95. The van der Waals surface area contributed by atoms with Crippen LogP contribution in [0, 0.1) is 0 Å². The van der Waals surface area contributed by atoms with Crippen LogP contribution in [0.5, 0.6) is 0 Å². The number of rotatable bonds is 8. The van der Waals surface area contributed by atoms with E-state index in [0.29, 0.717) is 0 Å². The van der Waals surface area contributed by atoms with E-state index in [0.717, 1.165) is 0 Å². The van der Waals surface area contributed by atoms with Gasteiger partial charge in [0, 0.05) is 0 Å². The third kappa shape index (κ3) is 8.61. The van der Waals surface area contributed by atoms with E-state index in [4.69, 9.17) is 16.5 Å². The van der Waals surface area contributed by atoms with Crippen LogP contribution in [0.1, 0.15) is 0 Å². The van der Waals surface area contributed by atoms with Gasteiger partial charge in [0.2, 0.25) is 0 Å². The molecule has 0 amide bonds. The lowest BCUT2D eigenvalue weighted by Gasteiger charge is -2.34. The number of hydrogen-bond donors (Lipinski definition) is 0. The second kappa shape index (κ2) is 8.17. The van der Waals surface area contributed by atoms with Crippen LogP contribution in [-0.4, -0.2) is 45.2 Å². The molecule has 17 heavy (non-hydrogen) atoms. The molecule has 4 radical (unpaired) electrons. The summed E-state index contributed by atoms with van der Waals surface area (Å²) in [5.41, 5.74) is 0. The first kappa shape index (κ1) is 17.9. The van der Waals surface area contributed by atoms with Crippen LogP contribution in [0.25, 0.3) is 0 Å². The third-order valence-corrected chi connectivity index (χ3v) is 11.8. The Morgan fingerprint density at radius 1 is 0.471 bits per heavy atom. The Morgan fingerprint density at radius 2 is 0.647 bits per heavy atom. The zero-order valence-corrected chi connectivity index (χ0v) is 17.1. The molecule has 0 saturated heterocycles. The maximum absolute atomic E-state index is 6.02. The van der Waals surface area contributed by atoms with Crippen molar-refractivity contribution in [3.05, 3.63) is 0 Å². The van der Waals surface area contributed by atoms with E-state index in [2.05, 4.69) is 52.4 Å². The van der Waals surface area contributed by atoms with E-state index in [1.54, 1.807) is 0 Å². The summed E-state index contributed by atoms with van der Waals surface area (Å²) in [5, 5.41) is 0. The first-order valence-corrected chi connectivity index (χ1v) is 16.9. The summed E-state index contributed by atoms with van der Waals surface area (Å²) >= 11 is 0. The first-order chi connectivity index (χ1) is 7.67. The minimum atomic E-state index is -2.87. The highest BCUT2D eigenvalue weighted by Gasteiger charge is 2.48. The van der Waals surface area contributed by atoms with Gasteiger partial charge in [-0.3, -0.25) is 0 Å². The molecule has 0 aliphatic rings. The van der Waals surface area contributed by atoms with Crippen LogP contribution in [0.3, 0.4) is 0 Å². The minimum absolute atomic E-state index is 0.891. The first-order valence-electron chi connectivity index (χ1n) is 5.63. The molecular formula is C8H24O4Si5. The summed E-state index contributed by atoms with van der Waals surface area (Å²) in [6.45, 7) is 16.7. The smallest absolute Gasteiger partial charge is 0.395 e. The van der Waals surface area contributed by atoms with Crippen LogP contribution in [0.4, 0.5) is 0 Å². The molecular weight excluding hydrogens is 301 g/mol. The fraction of sp³-hybridized carbons (Fsp3) is 1.00. The molecule has 4 nitrogen and oxygen atoms in total. The van der Waals surface area contributed by atoms with Crippen molar-refractivity contribution in [1.29, 1.82) is 0 Å². The topological polar surface area (TPSA) is 36.9 Å². The maximum Gasteiger partial charge on any atom is 0.636 e. The maximum atomic E-state index is 6.02. The van der Waals surface area contributed by atoms with Crippen molar-refractivity contribution in [2.45, 2.75) is 52.4 Å². The number of hydrogen-bond acceptors (Lipinski definition) is 4. The Kier molecular flexibility index (Phi) is 8.61. The Morgan fingerprint density at radius 3 is 0.765 bits per heavy atom. The Bertz CT molecular complexity index is 167. The SMILES string of the molecule is C[Si](C)O[Si](O[Si](C)C)(O[Si](C)C)O[Si](C)C. The van der Waals surface area contributed by atoms with Gasteiger partial charge in [-0.1, -0.05) is 0 Å². The molecule has 0 bridgehead atoms. The Labute approximate surface area is 114 Å². The van der Waals surface area contributed by atoms with Crippen LogP contribution in [0.15, 0.2) is 0 Å². The summed E-state index contributed by atoms with van der Waals surface area (Å²) < 4.78 is 24.1. The molecule has 100 valence electrons. The van der Waals surface area contributed by atoms with Crippen LogP contribution in [-0.2, 0) is 16.5 Å². The highest BCUT2D eigenvalue weighted by atomic mass is 28.5. The summed E-state index contributed by atoms with van der Waals surface area (Å²) in [5.74, 6) is 0. The van der Waals surface area contributed by atoms with Gasteiger partial charge in [0.15, 0.2) is 36.2 Å². The van der Waals surface area contributed by atoms with Gasteiger partial charge in [0.25, 0.3) is 0 Å². The molecule has 0 aromatic carbocycles. The molecule has 0 aromatic rings. The van der Waals surface area contributed by atoms with Crippen molar-refractivity contribution < 1.29 is 16.5 Å². The zero-order valence-electron chi connectivity index (χ0n) is 12.1. The summed E-state index contributed by atoms with van der Waals surface area (Å²) in [6, 6.07) is 0. The molecule has 0 N–H and O–H groups in total.